The molecule has 0 unspecified atom stereocenters. The van der Waals surface area contributed by atoms with Gasteiger partial charge in [-0.25, -0.2) is 18.1 Å². The molecule has 1 aliphatic carbocycles. The zero-order chi connectivity index (χ0) is 23.7. The third-order valence-corrected chi connectivity index (χ3v) is 8.87. The van der Waals surface area contributed by atoms with E-state index in [1.54, 1.807) is 29.2 Å². The van der Waals surface area contributed by atoms with Gasteiger partial charge >= 0.3 is 0 Å². The monoisotopic (exact) mass is 497 g/mol. The summed E-state index contributed by atoms with van der Waals surface area (Å²) < 4.78 is 29.1. The van der Waals surface area contributed by atoms with Crippen molar-refractivity contribution in [2.75, 3.05) is 31.9 Å². The van der Waals surface area contributed by atoms with Crippen molar-refractivity contribution in [2.45, 2.75) is 35.7 Å². The molecule has 1 saturated heterocycles. The number of sulfonamides is 1. The van der Waals surface area contributed by atoms with Crippen molar-refractivity contribution >= 4 is 27.7 Å². The fourth-order valence-corrected chi connectivity index (χ4v) is 6.14. The summed E-state index contributed by atoms with van der Waals surface area (Å²) in [4.78, 5) is 19.5. The largest absolute Gasteiger partial charge is 0.339 e. The smallest absolute Gasteiger partial charge is 0.243 e. The molecule has 0 bridgehead atoms. The van der Waals surface area contributed by atoms with E-state index in [2.05, 4.69) is 5.10 Å². The van der Waals surface area contributed by atoms with Crippen LogP contribution in [0.4, 0.5) is 0 Å². The molecule has 5 rings (SSSR count). The number of thioether (sulfide) groups is 1. The first-order valence-corrected chi connectivity index (χ1v) is 13.8. The van der Waals surface area contributed by atoms with Gasteiger partial charge in [-0.1, -0.05) is 47.7 Å². The lowest BCUT2D eigenvalue weighted by molar-refractivity contribution is -0.129. The lowest BCUT2D eigenvalue weighted by atomic mass is 10.2. The Labute approximate surface area is 204 Å². The minimum atomic E-state index is -3.55. The van der Waals surface area contributed by atoms with E-state index >= 15 is 0 Å². The second kappa shape index (κ2) is 9.52. The highest BCUT2D eigenvalue weighted by Gasteiger charge is 2.32. The quantitative estimate of drug-likeness (QED) is 0.466. The van der Waals surface area contributed by atoms with Gasteiger partial charge in [0.2, 0.25) is 21.1 Å². The van der Waals surface area contributed by atoms with Gasteiger partial charge in [-0.2, -0.15) is 4.31 Å². The van der Waals surface area contributed by atoms with Crippen molar-refractivity contribution in [1.29, 1.82) is 0 Å². The van der Waals surface area contributed by atoms with Crippen LogP contribution in [-0.2, 0) is 14.8 Å². The van der Waals surface area contributed by atoms with Gasteiger partial charge in [-0.3, -0.25) is 4.79 Å². The SMILES string of the molecule is Cc1ccc(S(=O)(=O)N2CCN(C(=O)CSc3nc(C4CC4)n(-c4ccccc4)n3)CC2)cc1. The number of carbonyl (C=O) groups is 1. The summed E-state index contributed by atoms with van der Waals surface area (Å²) in [7, 11) is -3.55. The third-order valence-electron chi connectivity index (χ3n) is 6.13. The Hall–Kier alpha value is -2.69. The number of piperazine rings is 1. The number of carbonyl (C=O) groups excluding carboxylic acids is 1. The van der Waals surface area contributed by atoms with Gasteiger partial charge in [0.25, 0.3) is 0 Å². The second-order valence-electron chi connectivity index (χ2n) is 8.66. The van der Waals surface area contributed by atoms with Crippen LogP contribution in [0.1, 0.15) is 30.1 Å². The number of aryl methyl sites for hydroxylation is 1. The van der Waals surface area contributed by atoms with Gasteiger partial charge < -0.3 is 4.90 Å². The first-order valence-electron chi connectivity index (χ1n) is 11.4. The molecule has 2 aromatic carbocycles. The summed E-state index contributed by atoms with van der Waals surface area (Å²) in [6.45, 7) is 3.26. The Bertz CT molecular complexity index is 1260. The molecule has 2 heterocycles. The number of hydrogen-bond donors (Lipinski definition) is 0. The number of hydrogen-bond acceptors (Lipinski definition) is 6. The molecule has 0 atom stereocenters. The molecular formula is C24H27N5O3S2. The van der Waals surface area contributed by atoms with Crippen molar-refractivity contribution in [3.63, 3.8) is 0 Å². The average molecular weight is 498 g/mol. The lowest BCUT2D eigenvalue weighted by Crippen LogP contribution is -2.50. The summed E-state index contributed by atoms with van der Waals surface area (Å²) in [5.74, 6) is 1.59. The van der Waals surface area contributed by atoms with Gasteiger partial charge in [0.05, 0.1) is 16.3 Å². The van der Waals surface area contributed by atoms with Crippen molar-refractivity contribution in [2.24, 2.45) is 0 Å². The van der Waals surface area contributed by atoms with E-state index in [-0.39, 0.29) is 11.7 Å². The molecule has 1 aliphatic heterocycles. The van der Waals surface area contributed by atoms with Gasteiger partial charge in [0.1, 0.15) is 5.82 Å². The molecule has 10 heteroatoms. The molecule has 0 spiro atoms. The zero-order valence-electron chi connectivity index (χ0n) is 19.0. The molecule has 178 valence electrons. The molecule has 0 N–H and O–H groups in total. The summed E-state index contributed by atoms with van der Waals surface area (Å²) in [6.07, 6.45) is 2.23. The van der Waals surface area contributed by atoms with Crippen molar-refractivity contribution < 1.29 is 13.2 Å². The van der Waals surface area contributed by atoms with E-state index in [1.807, 2.05) is 41.9 Å². The first kappa shape index (κ1) is 23.1. The number of nitrogens with zero attached hydrogens (tertiary/aromatic N) is 5. The van der Waals surface area contributed by atoms with Crippen LogP contribution in [0.3, 0.4) is 0 Å². The topological polar surface area (TPSA) is 88.4 Å². The van der Waals surface area contributed by atoms with E-state index < -0.39 is 10.0 Å². The van der Waals surface area contributed by atoms with Crippen LogP contribution < -0.4 is 0 Å². The number of para-hydroxylation sites is 1. The molecule has 3 aromatic rings. The lowest BCUT2D eigenvalue weighted by Gasteiger charge is -2.34. The minimum absolute atomic E-state index is 0.0265. The van der Waals surface area contributed by atoms with Crippen LogP contribution in [0.5, 0.6) is 0 Å². The van der Waals surface area contributed by atoms with E-state index in [0.29, 0.717) is 42.1 Å². The van der Waals surface area contributed by atoms with E-state index in [4.69, 9.17) is 4.98 Å². The van der Waals surface area contributed by atoms with Crippen molar-refractivity contribution in [3.8, 4) is 5.69 Å². The van der Waals surface area contributed by atoms with Crippen LogP contribution in [0.25, 0.3) is 5.69 Å². The molecule has 1 aromatic heterocycles. The number of amides is 1. The predicted octanol–water partition coefficient (Wildman–Crippen LogP) is 3.08. The Morgan fingerprint density at radius 2 is 1.68 bits per heavy atom. The van der Waals surface area contributed by atoms with Gasteiger partial charge in [0.15, 0.2) is 0 Å². The Morgan fingerprint density at radius 1 is 1.00 bits per heavy atom. The zero-order valence-corrected chi connectivity index (χ0v) is 20.6. The fraction of sp³-hybridized carbons (Fsp3) is 0.375. The maximum Gasteiger partial charge on any atom is 0.243 e. The average Bonchev–Trinajstić information content (AvgIpc) is 3.62. The van der Waals surface area contributed by atoms with Crippen LogP contribution in [0, 0.1) is 6.92 Å². The fourth-order valence-electron chi connectivity index (χ4n) is 3.99. The Balaban J connectivity index is 1.18. The van der Waals surface area contributed by atoms with Gasteiger partial charge in [-0.05, 0) is 44.0 Å². The van der Waals surface area contributed by atoms with Crippen molar-refractivity contribution in [3.05, 3.63) is 66.0 Å². The van der Waals surface area contributed by atoms with E-state index in [9.17, 15) is 13.2 Å². The summed E-state index contributed by atoms with van der Waals surface area (Å²) in [5, 5.41) is 5.25. The van der Waals surface area contributed by atoms with E-state index in [0.717, 1.165) is 29.9 Å². The molecular weight excluding hydrogens is 470 g/mol. The molecule has 2 fully saturated rings. The summed E-state index contributed by atoms with van der Waals surface area (Å²) >= 11 is 1.34. The minimum Gasteiger partial charge on any atom is -0.339 e. The van der Waals surface area contributed by atoms with Gasteiger partial charge in [0, 0.05) is 32.1 Å². The summed E-state index contributed by atoms with van der Waals surface area (Å²) in [5.41, 5.74) is 1.99. The predicted molar refractivity (Wildman–Crippen MR) is 131 cm³/mol. The number of rotatable bonds is 7. The number of benzene rings is 2. The van der Waals surface area contributed by atoms with Crippen LogP contribution >= 0.6 is 11.8 Å². The normalized spacial score (nSPS) is 17.1. The van der Waals surface area contributed by atoms with Crippen molar-refractivity contribution in [1.82, 2.24) is 24.0 Å². The van der Waals surface area contributed by atoms with E-state index in [1.165, 1.54) is 16.1 Å². The highest BCUT2D eigenvalue weighted by Crippen LogP contribution is 2.40. The maximum absolute atomic E-state index is 12.9. The standard InChI is InChI=1S/C24H27N5O3S2/c1-18-7-11-21(12-8-18)34(31,32)28-15-13-27(14-16-28)22(30)17-33-24-25-23(19-9-10-19)29(26-24)20-5-3-2-4-6-20/h2-8,11-12,19H,9-10,13-17H2,1H3. The highest BCUT2D eigenvalue weighted by atomic mass is 32.2. The molecule has 2 aliphatic rings. The third kappa shape index (κ3) is 4.89. The molecule has 0 radical (unpaired) electrons. The van der Waals surface area contributed by atoms with Crippen LogP contribution in [0.2, 0.25) is 0 Å². The maximum atomic E-state index is 12.9. The second-order valence-corrected chi connectivity index (χ2v) is 11.5. The first-order chi connectivity index (χ1) is 16.4. The Morgan fingerprint density at radius 3 is 2.32 bits per heavy atom. The summed E-state index contributed by atoms with van der Waals surface area (Å²) in [6, 6.07) is 16.8. The van der Waals surface area contributed by atoms with Crippen LogP contribution in [0.15, 0.2) is 64.6 Å². The van der Waals surface area contributed by atoms with Gasteiger partial charge in [-0.15, -0.1) is 5.10 Å². The molecule has 1 saturated carbocycles. The molecule has 34 heavy (non-hydrogen) atoms. The number of aromatic nitrogens is 3. The van der Waals surface area contributed by atoms with Crippen LogP contribution in [-0.4, -0.2) is 70.2 Å². The molecule has 8 nitrogen and oxygen atoms in total. The molecule has 1 amide bonds. The Kier molecular flexibility index (Phi) is 6.46. The highest BCUT2D eigenvalue weighted by molar-refractivity contribution is 7.99.